The first-order chi connectivity index (χ1) is 13.8. The lowest BCUT2D eigenvalue weighted by Gasteiger charge is -2.06. The van der Waals surface area contributed by atoms with Gasteiger partial charge in [-0.25, -0.2) is 0 Å². The first-order valence-electron chi connectivity index (χ1n) is 9.15. The van der Waals surface area contributed by atoms with Crippen molar-refractivity contribution in [3.8, 4) is 11.1 Å². The van der Waals surface area contributed by atoms with Crippen molar-refractivity contribution < 1.29 is 4.92 Å². The SMILES string of the molecule is O=[N+]([O-])c1ccccc1-c1cccc2c1c1cccc3c4ccccc4n2c31. The molecule has 0 N–H and O–H groups in total. The van der Waals surface area contributed by atoms with Crippen molar-refractivity contribution in [3.63, 3.8) is 0 Å². The Bertz CT molecular complexity index is 1550. The van der Waals surface area contributed by atoms with Crippen LogP contribution in [0.3, 0.4) is 0 Å². The van der Waals surface area contributed by atoms with Crippen LogP contribution in [-0.4, -0.2) is 9.32 Å². The summed E-state index contributed by atoms with van der Waals surface area (Å²) in [6.07, 6.45) is 0. The molecule has 0 unspecified atom stereocenters. The summed E-state index contributed by atoms with van der Waals surface area (Å²) in [5.74, 6) is 0. The number of para-hydroxylation sites is 3. The minimum Gasteiger partial charge on any atom is -0.308 e. The smallest absolute Gasteiger partial charge is 0.277 e. The number of aromatic nitrogens is 1. The maximum absolute atomic E-state index is 11.6. The van der Waals surface area contributed by atoms with Gasteiger partial charge in [-0.1, -0.05) is 60.7 Å². The largest absolute Gasteiger partial charge is 0.308 e. The predicted molar refractivity (Wildman–Crippen MR) is 113 cm³/mol. The van der Waals surface area contributed by atoms with E-state index in [-0.39, 0.29) is 10.6 Å². The summed E-state index contributed by atoms with van der Waals surface area (Å²) < 4.78 is 2.29. The van der Waals surface area contributed by atoms with Crippen LogP contribution in [0.25, 0.3) is 49.2 Å². The Morgan fingerprint density at radius 3 is 2.18 bits per heavy atom. The molecule has 2 aromatic heterocycles. The lowest BCUT2D eigenvalue weighted by molar-refractivity contribution is -0.384. The van der Waals surface area contributed by atoms with Gasteiger partial charge in [0.1, 0.15) is 0 Å². The summed E-state index contributed by atoms with van der Waals surface area (Å²) in [7, 11) is 0. The van der Waals surface area contributed by atoms with Gasteiger partial charge < -0.3 is 4.40 Å². The summed E-state index contributed by atoms with van der Waals surface area (Å²) in [4.78, 5) is 11.3. The summed E-state index contributed by atoms with van der Waals surface area (Å²) in [5.41, 5.74) is 5.07. The van der Waals surface area contributed by atoms with Gasteiger partial charge in [0, 0.05) is 27.6 Å². The van der Waals surface area contributed by atoms with Crippen molar-refractivity contribution in [1.82, 2.24) is 4.40 Å². The number of hydrogen-bond donors (Lipinski definition) is 0. The van der Waals surface area contributed by atoms with Gasteiger partial charge in [0.05, 0.1) is 27.0 Å². The van der Waals surface area contributed by atoms with Crippen molar-refractivity contribution in [2.24, 2.45) is 0 Å². The van der Waals surface area contributed by atoms with Crippen molar-refractivity contribution in [2.45, 2.75) is 0 Å². The molecule has 0 saturated carbocycles. The van der Waals surface area contributed by atoms with Gasteiger partial charge in [-0.3, -0.25) is 10.1 Å². The fraction of sp³-hybridized carbons (Fsp3) is 0. The first-order valence-corrected chi connectivity index (χ1v) is 9.15. The number of nitrogens with zero attached hydrogens (tertiary/aromatic N) is 2. The van der Waals surface area contributed by atoms with Crippen molar-refractivity contribution in [2.75, 3.05) is 0 Å². The molecular weight excluding hydrogens is 348 g/mol. The van der Waals surface area contributed by atoms with Gasteiger partial charge in [-0.15, -0.1) is 0 Å². The third kappa shape index (κ3) is 1.79. The van der Waals surface area contributed by atoms with Crippen molar-refractivity contribution >= 4 is 43.8 Å². The number of benzene rings is 4. The second kappa shape index (κ2) is 5.30. The average Bonchev–Trinajstić information content (AvgIpc) is 3.26. The van der Waals surface area contributed by atoms with Gasteiger partial charge in [0.2, 0.25) is 0 Å². The number of nitro groups is 1. The molecule has 0 radical (unpaired) electrons. The molecule has 0 aliphatic rings. The van der Waals surface area contributed by atoms with Crippen LogP contribution in [0.2, 0.25) is 0 Å². The van der Waals surface area contributed by atoms with E-state index in [1.54, 1.807) is 12.1 Å². The second-order valence-electron chi connectivity index (χ2n) is 7.03. The number of fused-ring (bicyclic) bond motifs is 6. The zero-order valence-corrected chi connectivity index (χ0v) is 14.8. The monoisotopic (exact) mass is 362 g/mol. The van der Waals surface area contributed by atoms with Crippen LogP contribution >= 0.6 is 0 Å². The maximum Gasteiger partial charge on any atom is 0.277 e. The highest BCUT2D eigenvalue weighted by Gasteiger charge is 2.22. The standard InChI is InChI=1S/C24H14N2O2/c27-26(28)21-13-4-2-7-15(21)17-9-6-14-22-23(17)19-11-5-10-18-16-8-1-3-12-20(16)25(22)24(18)19/h1-14H. The molecule has 0 aliphatic heterocycles. The van der Waals surface area contributed by atoms with E-state index >= 15 is 0 Å². The Labute approximate surface area is 159 Å². The van der Waals surface area contributed by atoms with E-state index in [0.717, 1.165) is 27.4 Å². The molecule has 0 atom stereocenters. The average molecular weight is 362 g/mol. The molecule has 0 saturated heterocycles. The van der Waals surface area contributed by atoms with Crippen LogP contribution in [0, 0.1) is 10.1 Å². The molecule has 0 bridgehead atoms. The zero-order valence-electron chi connectivity index (χ0n) is 14.8. The van der Waals surface area contributed by atoms with E-state index in [1.165, 1.54) is 16.3 Å². The summed E-state index contributed by atoms with van der Waals surface area (Å²) in [6.45, 7) is 0. The quantitative estimate of drug-likeness (QED) is 0.264. The molecule has 2 heterocycles. The summed E-state index contributed by atoms with van der Waals surface area (Å²) in [6, 6.07) is 27.7. The highest BCUT2D eigenvalue weighted by molar-refractivity contribution is 6.26. The van der Waals surface area contributed by atoms with Gasteiger partial charge in [-0.2, -0.15) is 0 Å². The fourth-order valence-corrected chi connectivity index (χ4v) is 4.57. The molecule has 0 amide bonds. The minimum atomic E-state index is -0.306. The molecule has 6 aromatic rings. The molecule has 4 aromatic carbocycles. The van der Waals surface area contributed by atoms with Gasteiger partial charge in [-0.05, 0) is 23.8 Å². The number of rotatable bonds is 2. The summed E-state index contributed by atoms with van der Waals surface area (Å²) in [5, 5.41) is 16.2. The van der Waals surface area contributed by atoms with Gasteiger partial charge >= 0.3 is 0 Å². The lowest BCUT2D eigenvalue weighted by atomic mass is 9.97. The van der Waals surface area contributed by atoms with Crippen molar-refractivity contribution in [1.29, 1.82) is 0 Å². The summed E-state index contributed by atoms with van der Waals surface area (Å²) >= 11 is 0. The molecule has 4 nitrogen and oxygen atoms in total. The van der Waals surface area contributed by atoms with Crippen LogP contribution in [0.1, 0.15) is 0 Å². The zero-order chi connectivity index (χ0) is 18.8. The number of nitro benzene ring substituents is 1. The van der Waals surface area contributed by atoms with Crippen LogP contribution in [0.5, 0.6) is 0 Å². The lowest BCUT2D eigenvalue weighted by Crippen LogP contribution is -1.92. The Morgan fingerprint density at radius 1 is 0.643 bits per heavy atom. The topological polar surface area (TPSA) is 47.5 Å². The van der Waals surface area contributed by atoms with Crippen LogP contribution in [-0.2, 0) is 0 Å². The van der Waals surface area contributed by atoms with Crippen LogP contribution < -0.4 is 0 Å². The van der Waals surface area contributed by atoms with E-state index in [0.29, 0.717) is 5.56 Å². The number of hydrogen-bond acceptors (Lipinski definition) is 2. The third-order valence-corrected chi connectivity index (χ3v) is 5.64. The maximum atomic E-state index is 11.6. The van der Waals surface area contributed by atoms with E-state index < -0.39 is 0 Å². The second-order valence-corrected chi connectivity index (χ2v) is 7.03. The Morgan fingerprint density at radius 2 is 1.29 bits per heavy atom. The Kier molecular flexibility index (Phi) is 2.87. The van der Waals surface area contributed by atoms with Crippen LogP contribution in [0.15, 0.2) is 84.9 Å². The van der Waals surface area contributed by atoms with E-state index in [9.17, 15) is 10.1 Å². The third-order valence-electron chi connectivity index (χ3n) is 5.64. The van der Waals surface area contributed by atoms with E-state index in [2.05, 4.69) is 46.9 Å². The molecular formula is C24H14N2O2. The Balaban J connectivity index is 1.87. The molecule has 4 heteroatoms. The molecule has 132 valence electrons. The van der Waals surface area contributed by atoms with Crippen LogP contribution in [0.4, 0.5) is 5.69 Å². The molecule has 0 fully saturated rings. The molecule has 0 aliphatic carbocycles. The van der Waals surface area contributed by atoms with E-state index in [1.807, 2.05) is 30.3 Å². The van der Waals surface area contributed by atoms with Crippen molar-refractivity contribution in [3.05, 3.63) is 95.0 Å². The highest BCUT2D eigenvalue weighted by Crippen LogP contribution is 2.43. The predicted octanol–water partition coefficient (Wildman–Crippen LogP) is 6.41. The first kappa shape index (κ1) is 15.2. The van der Waals surface area contributed by atoms with Gasteiger partial charge in [0.25, 0.3) is 5.69 Å². The minimum absolute atomic E-state index is 0.129. The van der Waals surface area contributed by atoms with Gasteiger partial charge in [0.15, 0.2) is 0 Å². The van der Waals surface area contributed by atoms with E-state index in [4.69, 9.17) is 0 Å². The highest BCUT2D eigenvalue weighted by atomic mass is 16.6. The fourth-order valence-electron chi connectivity index (χ4n) is 4.57. The molecule has 28 heavy (non-hydrogen) atoms. The Hall–Kier alpha value is -3.92. The normalized spacial score (nSPS) is 11.9. The molecule has 6 rings (SSSR count). The molecule has 0 spiro atoms.